The van der Waals surface area contributed by atoms with Gasteiger partial charge in [-0.2, -0.15) is 5.10 Å². The lowest BCUT2D eigenvalue weighted by molar-refractivity contribution is -0.119. The summed E-state index contributed by atoms with van der Waals surface area (Å²) in [6.45, 7) is 1.17. The van der Waals surface area contributed by atoms with Gasteiger partial charge in [0.05, 0.1) is 30.5 Å². The number of ether oxygens (including phenoxy) is 2. The summed E-state index contributed by atoms with van der Waals surface area (Å²) in [4.78, 5) is 12.8. The fourth-order valence-corrected chi connectivity index (χ4v) is 4.70. The highest BCUT2D eigenvalue weighted by Crippen LogP contribution is 2.34. The first-order chi connectivity index (χ1) is 16.3. The van der Waals surface area contributed by atoms with Crippen molar-refractivity contribution >= 4 is 38.9 Å². The second kappa shape index (κ2) is 11.0. The molecule has 0 saturated heterocycles. The van der Waals surface area contributed by atoms with Gasteiger partial charge in [0, 0.05) is 5.02 Å². The Balaban J connectivity index is 1.91. The van der Waals surface area contributed by atoms with Crippen LogP contribution in [0.2, 0.25) is 5.02 Å². The smallest absolute Gasteiger partial charge is 0.264 e. The standard InChI is InChI=1S/C24H24ClN3O5S/c1-17(18-9-12-20(32-2)13-10-18)26-27-24(29)16-28(22-15-19(25)11-14-23(22)33-3)34(30,31)21-7-5-4-6-8-21/h4-15H,16H2,1-3H3,(H,27,29)/b26-17-. The Morgan fingerprint density at radius 2 is 1.68 bits per heavy atom. The number of hydrogen-bond acceptors (Lipinski definition) is 6. The SMILES string of the molecule is COc1ccc(/C(C)=N\NC(=O)CN(c2cc(Cl)ccc2OC)S(=O)(=O)c2ccccc2)cc1. The van der Waals surface area contributed by atoms with Crippen LogP contribution in [0.1, 0.15) is 12.5 Å². The molecule has 0 aliphatic carbocycles. The minimum atomic E-state index is -4.13. The van der Waals surface area contributed by atoms with Crippen molar-refractivity contribution in [1.82, 2.24) is 5.43 Å². The van der Waals surface area contributed by atoms with E-state index in [1.165, 1.54) is 31.4 Å². The number of sulfonamides is 1. The minimum Gasteiger partial charge on any atom is -0.497 e. The molecule has 0 radical (unpaired) electrons. The molecule has 0 spiro atoms. The molecule has 3 rings (SSSR count). The van der Waals surface area contributed by atoms with Gasteiger partial charge in [0.15, 0.2) is 0 Å². The van der Waals surface area contributed by atoms with Crippen molar-refractivity contribution in [3.05, 3.63) is 83.4 Å². The quantitative estimate of drug-likeness (QED) is 0.352. The Labute approximate surface area is 203 Å². The number of benzene rings is 3. The maximum atomic E-state index is 13.5. The summed E-state index contributed by atoms with van der Waals surface area (Å²) in [5, 5.41) is 4.40. The summed E-state index contributed by atoms with van der Waals surface area (Å²) in [5.41, 5.74) is 3.86. The Bertz CT molecular complexity index is 1280. The Kier molecular flexibility index (Phi) is 8.14. The van der Waals surface area contributed by atoms with Crippen molar-refractivity contribution in [2.75, 3.05) is 25.1 Å². The predicted octanol–water partition coefficient (Wildman–Crippen LogP) is 4.09. The molecule has 0 saturated carbocycles. The Morgan fingerprint density at radius 3 is 2.29 bits per heavy atom. The van der Waals surface area contributed by atoms with Crippen LogP contribution in [0.4, 0.5) is 5.69 Å². The van der Waals surface area contributed by atoms with Crippen LogP contribution in [0.3, 0.4) is 0 Å². The topological polar surface area (TPSA) is 97.3 Å². The van der Waals surface area contributed by atoms with E-state index in [0.29, 0.717) is 11.5 Å². The second-order valence-corrected chi connectivity index (χ2v) is 9.40. The molecule has 0 aromatic heterocycles. The average molecular weight is 502 g/mol. The van der Waals surface area contributed by atoms with Crippen LogP contribution < -0.4 is 19.2 Å². The van der Waals surface area contributed by atoms with Gasteiger partial charge in [-0.05, 0) is 67.1 Å². The van der Waals surface area contributed by atoms with Gasteiger partial charge in [-0.25, -0.2) is 13.8 Å². The molecule has 0 unspecified atom stereocenters. The van der Waals surface area contributed by atoms with Gasteiger partial charge < -0.3 is 9.47 Å². The molecule has 178 valence electrons. The van der Waals surface area contributed by atoms with E-state index in [1.807, 2.05) is 0 Å². The monoisotopic (exact) mass is 501 g/mol. The fourth-order valence-electron chi connectivity index (χ4n) is 3.09. The Hall–Kier alpha value is -3.56. The molecule has 0 fully saturated rings. The van der Waals surface area contributed by atoms with Gasteiger partial charge in [-0.3, -0.25) is 9.10 Å². The van der Waals surface area contributed by atoms with Crippen LogP contribution in [-0.4, -0.2) is 40.8 Å². The van der Waals surface area contributed by atoms with Gasteiger partial charge in [0.2, 0.25) is 0 Å². The molecule has 0 aliphatic heterocycles. The highest BCUT2D eigenvalue weighted by Gasteiger charge is 2.29. The maximum Gasteiger partial charge on any atom is 0.264 e. The molecule has 10 heteroatoms. The molecule has 0 heterocycles. The van der Waals surface area contributed by atoms with Crippen molar-refractivity contribution < 1.29 is 22.7 Å². The van der Waals surface area contributed by atoms with E-state index in [2.05, 4.69) is 10.5 Å². The van der Waals surface area contributed by atoms with Crippen molar-refractivity contribution in [3.63, 3.8) is 0 Å². The van der Waals surface area contributed by atoms with E-state index in [0.717, 1.165) is 9.87 Å². The second-order valence-electron chi connectivity index (χ2n) is 7.10. The largest absolute Gasteiger partial charge is 0.497 e. The highest BCUT2D eigenvalue weighted by atomic mass is 35.5. The number of rotatable bonds is 9. The van der Waals surface area contributed by atoms with E-state index >= 15 is 0 Å². The zero-order chi connectivity index (χ0) is 24.7. The van der Waals surface area contributed by atoms with Crippen LogP contribution >= 0.6 is 11.6 Å². The van der Waals surface area contributed by atoms with Crippen molar-refractivity contribution in [2.24, 2.45) is 5.10 Å². The van der Waals surface area contributed by atoms with Crippen LogP contribution in [0.15, 0.2) is 82.8 Å². The predicted molar refractivity (Wildman–Crippen MR) is 132 cm³/mol. The highest BCUT2D eigenvalue weighted by molar-refractivity contribution is 7.92. The molecule has 8 nitrogen and oxygen atoms in total. The molecular formula is C24H24ClN3O5S. The average Bonchev–Trinajstić information content (AvgIpc) is 2.86. The molecule has 0 aliphatic rings. The van der Waals surface area contributed by atoms with E-state index in [4.69, 9.17) is 21.1 Å². The number of amides is 1. The Morgan fingerprint density at radius 1 is 1.00 bits per heavy atom. The van der Waals surface area contributed by atoms with Crippen molar-refractivity contribution in [3.8, 4) is 11.5 Å². The number of carbonyl (C=O) groups is 1. The van der Waals surface area contributed by atoms with Gasteiger partial charge in [-0.15, -0.1) is 0 Å². The van der Waals surface area contributed by atoms with Gasteiger partial charge in [-0.1, -0.05) is 29.8 Å². The third-order valence-corrected chi connectivity index (χ3v) is 6.89. The van der Waals surface area contributed by atoms with E-state index in [-0.39, 0.29) is 21.4 Å². The number of nitrogens with zero attached hydrogens (tertiary/aromatic N) is 2. The molecule has 34 heavy (non-hydrogen) atoms. The summed E-state index contributed by atoms with van der Waals surface area (Å²) >= 11 is 6.13. The number of halogens is 1. The summed E-state index contributed by atoms with van der Waals surface area (Å²) < 4.78 is 38.4. The molecule has 3 aromatic carbocycles. The maximum absolute atomic E-state index is 13.5. The lowest BCUT2D eigenvalue weighted by Gasteiger charge is -2.25. The normalized spacial score (nSPS) is 11.6. The number of anilines is 1. The first-order valence-electron chi connectivity index (χ1n) is 10.1. The number of methoxy groups -OCH3 is 2. The first-order valence-corrected chi connectivity index (χ1v) is 12.0. The minimum absolute atomic E-state index is 0.0164. The van der Waals surface area contributed by atoms with E-state index < -0.39 is 22.5 Å². The van der Waals surface area contributed by atoms with Crippen LogP contribution in [-0.2, 0) is 14.8 Å². The zero-order valence-electron chi connectivity index (χ0n) is 18.9. The van der Waals surface area contributed by atoms with Crippen LogP contribution in [0.25, 0.3) is 0 Å². The summed E-state index contributed by atoms with van der Waals surface area (Å²) in [6.07, 6.45) is 0. The van der Waals surface area contributed by atoms with Gasteiger partial charge >= 0.3 is 0 Å². The van der Waals surface area contributed by atoms with Crippen molar-refractivity contribution in [2.45, 2.75) is 11.8 Å². The fraction of sp³-hybridized carbons (Fsp3) is 0.167. The molecule has 1 amide bonds. The molecule has 1 N–H and O–H groups in total. The molecule has 0 atom stereocenters. The number of nitrogens with one attached hydrogen (secondary N) is 1. The third-order valence-electron chi connectivity index (χ3n) is 4.88. The number of carbonyl (C=O) groups excluding carboxylic acids is 1. The summed E-state index contributed by atoms with van der Waals surface area (Å²) in [7, 11) is -1.15. The summed E-state index contributed by atoms with van der Waals surface area (Å²) in [5.74, 6) is 0.293. The lowest BCUT2D eigenvalue weighted by atomic mass is 10.1. The summed E-state index contributed by atoms with van der Waals surface area (Å²) in [6, 6.07) is 19.5. The van der Waals surface area contributed by atoms with Crippen molar-refractivity contribution in [1.29, 1.82) is 0 Å². The lowest BCUT2D eigenvalue weighted by Crippen LogP contribution is -2.40. The zero-order valence-corrected chi connectivity index (χ0v) is 20.4. The number of hydrazone groups is 1. The van der Waals surface area contributed by atoms with Gasteiger partial charge in [0.1, 0.15) is 18.0 Å². The molecule has 0 bridgehead atoms. The van der Waals surface area contributed by atoms with E-state index in [9.17, 15) is 13.2 Å². The van der Waals surface area contributed by atoms with Crippen LogP contribution in [0.5, 0.6) is 11.5 Å². The van der Waals surface area contributed by atoms with Crippen LogP contribution in [0, 0.1) is 0 Å². The molecule has 3 aromatic rings. The third kappa shape index (κ3) is 5.86. The van der Waals surface area contributed by atoms with E-state index in [1.54, 1.807) is 62.6 Å². The number of hydrogen-bond donors (Lipinski definition) is 1. The van der Waals surface area contributed by atoms with Gasteiger partial charge in [0.25, 0.3) is 15.9 Å². The first kappa shape index (κ1) is 25.1. The molecular weight excluding hydrogens is 478 g/mol.